The van der Waals surface area contributed by atoms with Crippen molar-refractivity contribution < 1.29 is 5.11 Å². The van der Waals surface area contributed by atoms with E-state index in [9.17, 15) is 5.11 Å². The van der Waals surface area contributed by atoms with Crippen LogP contribution in [0.25, 0.3) is 0 Å². The van der Waals surface area contributed by atoms with E-state index in [4.69, 9.17) is 0 Å². The van der Waals surface area contributed by atoms with Crippen LogP contribution in [0.5, 0.6) is 0 Å². The van der Waals surface area contributed by atoms with E-state index in [0.717, 1.165) is 30.5 Å². The van der Waals surface area contributed by atoms with Gasteiger partial charge in [-0.3, -0.25) is 4.90 Å². The zero-order valence-corrected chi connectivity index (χ0v) is 10.9. The van der Waals surface area contributed by atoms with E-state index in [1.165, 1.54) is 19.3 Å². The minimum Gasteiger partial charge on any atom is -0.392 e. The van der Waals surface area contributed by atoms with Crippen LogP contribution < -0.4 is 4.90 Å². The Hall–Kier alpha value is -1.13. The fraction of sp³-hybridized carbons (Fsp3) is 0.643. The predicted octanol–water partition coefficient (Wildman–Crippen LogP) is 1.25. The molecule has 2 aliphatic rings. The van der Waals surface area contributed by atoms with Crippen LogP contribution in [-0.4, -0.2) is 47.2 Å². The summed E-state index contributed by atoms with van der Waals surface area (Å²) in [5.41, 5.74) is 0.943. The molecule has 98 valence electrons. The van der Waals surface area contributed by atoms with Gasteiger partial charge in [0.05, 0.1) is 6.61 Å². The van der Waals surface area contributed by atoms with Crippen LogP contribution in [0.1, 0.15) is 24.8 Å². The first-order valence-electron chi connectivity index (χ1n) is 6.81. The number of aliphatic hydroxyl groups is 1. The average molecular weight is 247 g/mol. The third-order valence-electron chi connectivity index (χ3n) is 4.49. The smallest absolute Gasteiger partial charge is 0.134 e. The second-order valence-electron chi connectivity index (χ2n) is 5.43. The van der Waals surface area contributed by atoms with Crippen LogP contribution in [0.4, 0.5) is 5.82 Å². The Morgan fingerprint density at radius 2 is 2.17 bits per heavy atom. The largest absolute Gasteiger partial charge is 0.392 e. The van der Waals surface area contributed by atoms with E-state index in [1.807, 2.05) is 18.3 Å². The summed E-state index contributed by atoms with van der Waals surface area (Å²) >= 11 is 0. The maximum absolute atomic E-state index is 9.43. The Labute approximate surface area is 108 Å². The molecule has 0 saturated carbocycles. The average Bonchev–Trinajstić information content (AvgIpc) is 2.63. The van der Waals surface area contributed by atoms with Gasteiger partial charge in [0.15, 0.2) is 0 Å². The number of anilines is 1. The number of fused-ring (bicyclic) bond motifs is 2. The zero-order chi connectivity index (χ0) is 12.5. The molecule has 2 atom stereocenters. The minimum absolute atomic E-state index is 0.0730. The van der Waals surface area contributed by atoms with Crippen molar-refractivity contribution in [1.29, 1.82) is 0 Å². The van der Waals surface area contributed by atoms with E-state index in [0.29, 0.717) is 6.04 Å². The normalized spacial score (nSPS) is 28.4. The molecule has 0 radical (unpaired) electrons. The van der Waals surface area contributed by atoms with Crippen molar-refractivity contribution in [2.45, 2.75) is 38.0 Å². The molecule has 0 spiro atoms. The standard InChI is InChI=1S/C14H21N3O/c1-16-12-4-5-13(16)9-17(8-6-12)14-11(10-18)3-2-7-15-14/h2-3,7,12-13,18H,4-6,8-10H2,1H3. The maximum Gasteiger partial charge on any atom is 0.134 e. The predicted molar refractivity (Wildman–Crippen MR) is 71.6 cm³/mol. The molecule has 4 nitrogen and oxygen atoms in total. The lowest BCUT2D eigenvalue weighted by molar-refractivity contribution is 0.254. The molecule has 2 saturated heterocycles. The number of likely N-dealkylation sites (N-methyl/N-ethyl adjacent to an activating group) is 1. The molecular formula is C14H21N3O. The van der Waals surface area contributed by atoms with Gasteiger partial charge in [-0.25, -0.2) is 4.98 Å². The Morgan fingerprint density at radius 3 is 3.00 bits per heavy atom. The van der Waals surface area contributed by atoms with E-state index in [-0.39, 0.29) is 6.61 Å². The second kappa shape index (κ2) is 4.86. The summed E-state index contributed by atoms with van der Waals surface area (Å²) in [6.45, 7) is 2.16. The van der Waals surface area contributed by atoms with Crippen molar-refractivity contribution in [3.8, 4) is 0 Å². The first kappa shape index (κ1) is 11.9. The molecule has 2 unspecified atom stereocenters. The summed E-state index contributed by atoms with van der Waals surface area (Å²) < 4.78 is 0. The van der Waals surface area contributed by atoms with Crippen LogP contribution in [0.3, 0.4) is 0 Å². The van der Waals surface area contributed by atoms with Gasteiger partial charge in [-0.05, 0) is 32.4 Å². The molecule has 2 aliphatic heterocycles. The van der Waals surface area contributed by atoms with Crippen molar-refractivity contribution in [3.05, 3.63) is 23.9 Å². The molecule has 1 N–H and O–H groups in total. The van der Waals surface area contributed by atoms with Crippen LogP contribution >= 0.6 is 0 Å². The van der Waals surface area contributed by atoms with Crippen LogP contribution in [0.2, 0.25) is 0 Å². The van der Waals surface area contributed by atoms with E-state index in [2.05, 4.69) is 21.8 Å². The summed E-state index contributed by atoms with van der Waals surface area (Å²) in [4.78, 5) is 9.35. The first-order valence-corrected chi connectivity index (χ1v) is 6.81. The highest BCUT2D eigenvalue weighted by Crippen LogP contribution is 2.31. The molecule has 3 rings (SSSR count). The fourth-order valence-electron chi connectivity index (χ4n) is 3.34. The van der Waals surface area contributed by atoms with Gasteiger partial charge in [0.25, 0.3) is 0 Å². The number of pyridine rings is 1. The number of rotatable bonds is 2. The van der Waals surface area contributed by atoms with Crippen molar-refractivity contribution in [3.63, 3.8) is 0 Å². The molecule has 3 heterocycles. The lowest BCUT2D eigenvalue weighted by Gasteiger charge is -2.27. The maximum atomic E-state index is 9.43. The first-order chi connectivity index (χ1) is 8.79. The van der Waals surface area contributed by atoms with Crippen LogP contribution in [0, 0.1) is 0 Å². The van der Waals surface area contributed by atoms with Crippen molar-refractivity contribution >= 4 is 5.82 Å². The minimum atomic E-state index is 0.0730. The fourth-order valence-corrected chi connectivity index (χ4v) is 3.34. The number of aromatic nitrogens is 1. The Morgan fingerprint density at radius 1 is 1.33 bits per heavy atom. The molecule has 4 heteroatoms. The van der Waals surface area contributed by atoms with Crippen LogP contribution in [-0.2, 0) is 6.61 Å². The van der Waals surface area contributed by atoms with Gasteiger partial charge in [0.1, 0.15) is 5.82 Å². The molecular weight excluding hydrogens is 226 g/mol. The lowest BCUT2D eigenvalue weighted by Crippen LogP contribution is -2.37. The summed E-state index contributed by atoms with van der Waals surface area (Å²) in [6.07, 6.45) is 5.65. The number of nitrogens with zero attached hydrogens (tertiary/aromatic N) is 3. The summed E-state index contributed by atoms with van der Waals surface area (Å²) in [7, 11) is 2.25. The van der Waals surface area contributed by atoms with Gasteiger partial charge >= 0.3 is 0 Å². The van der Waals surface area contributed by atoms with Gasteiger partial charge in [-0.1, -0.05) is 6.07 Å². The monoisotopic (exact) mass is 247 g/mol. The highest BCUT2D eigenvalue weighted by molar-refractivity contribution is 5.47. The molecule has 0 amide bonds. The van der Waals surface area contributed by atoms with Gasteiger partial charge < -0.3 is 10.0 Å². The Bertz CT molecular complexity index is 423. The SMILES string of the molecule is CN1C2CCC1CN(c1ncccc1CO)CC2. The summed E-state index contributed by atoms with van der Waals surface area (Å²) in [5, 5.41) is 9.43. The summed E-state index contributed by atoms with van der Waals surface area (Å²) in [5.74, 6) is 0.973. The highest BCUT2D eigenvalue weighted by atomic mass is 16.3. The molecule has 1 aromatic heterocycles. The lowest BCUT2D eigenvalue weighted by atomic mass is 10.1. The van der Waals surface area contributed by atoms with Crippen molar-refractivity contribution in [2.24, 2.45) is 0 Å². The van der Waals surface area contributed by atoms with Gasteiger partial charge in [-0.2, -0.15) is 0 Å². The van der Waals surface area contributed by atoms with Crippen LogP contribution in [0.15, 0.2) is 18.3 Å². The van der Waals surface area contributed by atoms with Crippen molar-refractivity contribution in [2.75, 3.05) is 25.0 Å². The molecule has 0 aliphatic carbocycles. The zero-order valence-electron chi connectivity index (χ0n) is 10.9. The third kappa shape index (κ3) is 1.99. The van der Waals surface area contributed by atoms with Crippen molar-refractivity contribution in [1.82, 2.24) is 9.88 Å². The molecule has 2 fully saturated rings. The summed E-state index contributed by atoms with van der Waals surface area (Å²) in [6, 6.07) is 5.24. The van der Waals surface area contributed by atoms with Gasteiger partial charge in [0, 0.05) is 36.9 Å². The molecule has 2 bridgehead atoms. The highest BCUT2D eigenvalue weighted by Gasteiger charge is 2.35. The third-order valence-corrected chi connectivity index (χ3v) is 4.49. The van der Waals surface area contributed by atoms with E-state index in [1.54, 1.807) is 0 Å². The number of aliphatic hydroxyl groups excluding tert-OH is 1. The quantitative estimate of drug-likeness (QED) is 0.853. The number of hydrogen-bond acceptors (Lipinski definition) is 4. The van der Waals surface area contributed by atoms with Gasteiger partial charge in [-0.15, -0.1) is 0 Å². The second-order valence-corrected chi connectivity index (χ2v) is 5.43. The molecule has 0 aromatic carbocycles. The topological polar surface area (TPSA) is 39.6 Å². The molecule has 1 aromatic rings. The number of hydrogen-bond donors (Lipinski definition) is 1. The van der Waals surface area contributed by atoms with E-state index >= 15 is 0 Å². The van der Waals surface area contributed by atoms with E-state index < -0.39 is 0 Å². The van der Waals surface area contributed by atoms with Gasteiger partial charge in [0.2, 0.25) is 0 Å². The Balaban J connectivity index is 1.84. The Kier molecular flexibility index (Phi) is 3.22. The molecule has 18 heavy (non-hydrogen) atoms.